The SMILES string of the molecule is O=C(c1ccc(CS(=O)[O-])cc1Cl)C1CCCCC1. The van der Waals surface area contributed by atoms with Crippen LogP contribution in [0.3, 0.4) is 0 Å². The summed E-state index contributed by atoms with van der Waals surface area (Å²) in [6.07, 6.45) is 5.26. The van der Waals surface area contributed by atoms with Crippen LogP contribution in [0.2, 0.25) is 5.02 Å². The topological polar surface area (TPSA) is 57.2 Å². The lowest BCUT2D eigenvalue weighted by Crippen LogP contribution is -2.18. The molecule has 0 N–H and O–H groups in total. The molecule has 1 aliphatic rings. The minimum absolute atomic E-state index is 0.0718. The number of benzene rings is 1. The summed E-state index contributed by atoms with van der Waals surface area (Å²) < 4.78 is 21.3. The second-order valence-electron chi connectivity index (χ2n) is 4.96. The van der Waals surface area contributed by atoms with E-state index in [1.807, 2.05) is 0 Å². The number of carbonyl (C=O) groups excluding carboxylic acids is 1. The van der Waals surface area contributed by atoms with Crippen molar-refractivity contribution in [2.24, 2.45) is 5.92 Å². The fourth-order valence-corrected chi connectivity index (χ4v) is 3.32. The number of hydrogen-bond donors (Lipinski definition) is 0. The van der Waals surface area contributed by atoms with Crippen molar-refractivity contribution < 1.29 is 13.6 Å². The molecule has 0 spiro atoms. The lowest BCUT2D eigenvalue weighted by Gasteiger charge is -2.21. The molecule has 1 fully saturated rings. The van der Waals surface area contributed by atoms with Gasteiger partial charge in [-0.3, -0.25) is 9.00 Å². The van der Waals surface area contributed by atoms with E-state index in [1.165, 1.54) is 6.42 Å². The largest absolute Gasteiger partial charge is 0.772 e. The highest BCUT2D eigenvalue weighted by molar-refractivity contribution is 7.78. The molecule has 0 heterocycles. The van der Waals surface area contributed by atoms with Crippen LogP contribution in [0, 0.1) is 5.92 Å². The second-order valence-corrected chi connectivity index (χ2v) is 6.26. The monoisotopic (exact) mass is 299 g/mol. The Hall–Kier alpha value is -0.710. The normalized spacial score (nSPS) is 18.2. The third-order valence-electron chi connectivity index (χ3n) is 3.56. The van der Waals surface area contributed by atoms with E-state index in [-0.39, 0.29) is 17.5 Å². The molecule has 1 atom stereocenters. The number of ketones is 1. The van der Waals surface area contributed by atoms with Crippen molar-refractivity contribution in [2.75, 3.05) is 0 Å². The van der Waals surface area contributed by atoms with Gasteiger partial charge in [-0.15, -0.1) is 0 Å². The standard InChI is InChI=1S/C14H17ClO3S/c15-13-8-10(9-19(17)18)6-7-12(13)14(16)11-4-2-1-3-5-11/h6-8,11H,1-5,9H2,(H,17,18)/p-1. The van der Waals surface area contributed by atoms with Crippen LogP contribution >= 0.6 is 11.6 Å². The van der Waals surface area contributed by atoms with Gasteiger partial charge in [0.1, 0.15) is 0 Å². The first-order valence-corrected chi connectivity index (χ1v) is 8.08. The molecular formula is C14H16ClO3S-. The maximum absolute atomic E-state index is 12.3. The van der Waals surface area contributed by atoms with E-state index in [2.05, 4.69) is 0 Å². The molecule has 104 valence electrons. The highest BCUT2D eigenvalue weighted by Gasteiger charge is 2.23. The van der Waals surface area contributed by atoms with Gasteiger partial charge in [-0.1, -0.05) is 48.0 Å². The molecule has 0 aliphatic heterocycles. The van der Waals surface area contributed by atoms with Crippen molar-refractivity contribution in [1.29, 1.82) is 0 Å². The van der Waals surface area contributed by atoms with Crippen LogP contribution in [-0.2, 0) is 16.8 Å². The van der Waals surface area contributed by atoms with Crippen molar-refractivity contribution in [3.63, 3.8) is 0 Å². The van der Waals surface area contributed by atoms with Crippen LogP contribution in [0.5, 0.6) is 0 Å². The Labute approximate surface area is 120 Å². The molecule has 1 saturated carbocycles. The summed E-state index contributed by atoms with van der Waals surface area (Å²) in [7, 11) is 0. The average Bonchev–Trinajstić information content (AvgIpc) is 2.38. The van der Waals surface area contributed by atoms with Crippen LogP contribution in [0.25, 0.3) is 0 Å². The van der Waals surface area contributed by atoms with Gasteiger partial charge in [0.25, 0.3) is 0 Å². The molecule has 0 amide bonds. The van der Waals surface area contributed by atoms with Crippen molar-refractivity contribution in [3.05, 3.63) is 34.3 Å². The summed E-state index contributed by atoms with van der Waals surface area (Å²) in [5, 5.41) is 0.360. The highest BCUT2D eigenvalue weighted by atomic mass is 35.5. The van der Waals surface area contributed by atoms with Gasteiger partial charge in [-0.2, -0.15) is 0 Å². The molecule has 0 bridgehead atoms. The summed E-state index contributed by atoms with van der Waals surface area (Å²) in [4.78, 5) is 12.3. The number of carbonyl (C=O) groups is 1. The van der Waals surface area contributed by atoms with Crippen molar-refractivity contribution in [1.82, 2.24) is 0 Å². The molecule has 1 unspecified atom stereocenters. The lowest BCUT2D eigenvalue weighted by atomic mass is 9.84. The third kappa shape index (κ3) is 3.88. The van der Waals surface area contributed by atoms with Gasteiger partial charge >= 0.3 is 0 Å². The van der Waals surface area contributed by atoms with Crippen molar-refractivity contribution in [2.45, 2.75) is 37.9 Å². The van der Waals surface area contributed by atoms with Crippen LogP contribution < -0.4 is 0 Å². The van der Waals surface area contributed by atoms with Gasteiger partial charge in [-0.05, 0) is 30.5 Å². The van der Waals surface area contributed by atoms with Gasteiger partial charge in [0, 0.05) is 17.2 Å². The molecule has 2 rings (SSSR count). The molecule has 0 saturated heterocycles. The Morgan fingerprint density at radius 1 is 1.32 bits per heavy atom. The third-order valence-corrected chi connectivity index (χ3v) is 4.44. The molecule has 19 heavy (non-hydrogen) atoms. The predicted octanol–water partition coefficient (Wildman–Crippen LogP) is 3.48. The zero-order valence-corrected chi connectivity index (χ0v) is 12.1. The summed E-state index contributed by atoms with van der Waals surface area (Å²) in [6, 6.07) is 4.90. The summed E-state index contributed by atoms with van der Waals surface area (Å²) in [6.45, 7) is 0. The first kappa shape index (κ1) is 14.7. The molecule has 0 radical (unpaired) electrons. The lowest BCUT2D eigenvalue weighted by molar-refractivity contribution is 0.0889. The van der Waals surface area contributed by atoms with Gasteiger partial charge in [0.15, 0.2) is 5.78 Å². The fraction of sp³-hybridized carbons (Fsp3) is 0.500. The zero-order valence-electron chi connectivity index (χ0n) is 10.6. The van der Waals surface area contributed by atoms with Gasteiger partial charge in [0.05, 0.1) is 5.02 Å². The Balaban J connectivity index is 2.15. The number of Topliss-reactive ketones (excluding diaryl/α,β-unsaturated/α-hetero) is 1. The van der Waals surface area contributed by atoms with E-state index < -0.39 is 11.1 Å². The van der Waals surface area contributed by atoms with Crippen LogP contribution in [-0.4, -0.2) is 14.5 Å². The second kappa shape index (κ2) is 6.64. The van der Waals surface area contributed by atoms with E-state index in [0.29, 0.717) is 16.1 Å². The molecule has 1 aliphatic carbocycles. The minimum atomic E-state index is -2.14. The minimum Gasteiger partial charge on any atom is -0.772 e. The molecule has 1 aromatic carbocycles. The van der Waals surface area contributed by atoms with Crippen molar-refractivity contribution >= 4 is 28.5 Å². The van der Waals surface area contributed by atoms with Crippen LogP contribution in [0.1, 0.15) is 48.0 Å². The fourth-order valence-electron chi connectivity index (χ4n) is 2.57. The van der Waals surface area contributed by atoms with E-state index in [9.17, 15) is 13.6 Å². The van der Waals surface area contributed by atoms with Crippen LogP contribution in [0.15, 0.2) is 18.2 Å². The summed E-state index contributed by atoms with van der Waals surface area (Å²) in [5.74, 6) is 0.0997. The first-order valence-electron chi connectivity index (χ1n) is 6.46. The van der Waals surface area contributed by atoms with Crippen LogP contribution in [0.4, 0.5) is 0 Å². The highest BCUT2D eigenvalue weighted by Crippen LogP contribution is 2.29. The molecule has 0 aromatic heterocycles. The summed E-state index contributed by atoms with van der Waals surface area (Å²) >= 11 is 3.97. The maximum atomic E-state index is 12.3. The summed E-state index contributed by atoms with van der Waals surface area (Å²) in [5.41, 5.74) is 1.13. The Morgan fingerprint density at radius 3 is 2.58 bits per heavy atom. The van der Waals surface area contributed by atoms with Gasteiger partial charge in [-0.25, -0.2) is 0 Å². The van der Waals surface area contributed by atoms with E-state index in [1.54, 1.807) is 18.2 Å². The number of hydrogen-bond acceptors (Lipinski definition) is 3. The Kier molecular flexibility index (Phi) is 5.13. The van der Waals surface area contributed by atoms with E-state index >= 15 is 0 Å². The van der Waals surface area contributed by atoms with Gasteiger partial charge < -0.3 is 4.55 Å². The number of halogens is 1. The Bertz CT molecular complexity index is 495. The molecule has 3 nitrogen and oxygen atoms in total. The number of rotatable bonds is 4. The maximum Gasteiger partial charge on any atom is 0.167 e. The first-order chi connectivity index (χ1) is 9.08. The van der Waals surface area contributed by atoms with Gasteiger partial charge in [0.2, 0.25) is 0 Å². The van der Waals surface area contributed by atoms with E-state index in [0.717, 1.165) is 25.7 Å². The smallest absolute Gasteiger partial charge is 0.167 e. The molecular weight excluding hydrogens is 284 g/mol. The average molecular weight is 300 g/mol. The predicted molar refractivity (Wildman–Crippen MR) is 75.0 cm³/mol. The molecule has 5 heteroatoms. The van der Waals surface area contributed by atoms with Crippen molar-refractivity contribution in [3.8, 4) is 0 Å². The Morgan fingerprint density at radius 2 is 2.00 bits per heavy atom. The quantitative estimate of drug-likeness (QED) is 0.632. The zero-order chi connectivity index (χ0) is 13.8. The molecule has 1 aromatic rings. The van der Waals surface area contributed by atoms with E-state index in [4.69, 9.17) is 11.6 Å².